The molecule has 0 aromatic heterocycles. The molecule has 0 amide bonds. The normalized spacial score (nSPS) is 12.1. The number of rotatable bonds is 8. The third kappa shape index (κ3) is 11.0. The lowest BCUT2D eigenvalue weighted by molar-refractivity contribution is 0.762. The van der Waals surface area contributed by atoms with Gasteiger partial charge in [-0.2, -0.15) is 0 Å². The number of unbranched alkanes of at least 4 members (excludes halogenated alkanes) is 3. The molecule has 0 aliphatic carbocycles. The van der Waals surface area contributed by atoms with E-state index in [9.17, 15) is 0 Å². The maximum absolute atomic E-state index is 3.63. The lowest BCUT2D eigenvalue weighted by atomic mass is 10.2. The summed E-state index contributed by atoms with van der Waals surface area (Å²) in [5.74, 6) is 0. The Morgan fingerprint density at radius 2 is 1.43 bits per heavy atom. The van der Waals surface area contributed by atoms with E-state index in [1.807, 2.05) is 12.2 Å². The second kappa shape index (κ2) is 12.0. The van der Waals surface area contributed by atoms with Gasteiger partial charge in [0, 0.05) is 0 Å². The Hall–Kier alpha value is -1.04. The first-order valence-electron chi connectivity index (χ1n) is 5.51. The monoisotopic (exact) mass is 190 g/mol. The van der Waals surface area contributed by atoms with Crippen molar-refractivity contribution in [3.8, 4) is 0 Å². The predicted octanol–water partition coefficient (Wildman–Crippen LogP) is 4.81. The van der Waals surface area contributed by atoms with E-state index in [2.05, 4.69) is 43.9 Å². The van der Waals surface area contributed by atoms with E-state index in [-0.39, 0.29) is 0 Å². The van der Waals surface area contributed by atoms with Crippen LogP contribution in [0.1, 0.15) is 39.0 Å². The number of hydrogen-bond donors (Lipinski definition) is 0. The molecule has 0 nitrogen and oxygen atoms in total. The van der Waals surface area contributed by atoms with E-state index in [0.29, 0.717) is 0 Å². The van der Waals surface area contributed by atoms with Gasteiger partial charge >= 0.3 is 0 Å². The molecule has 0 rings (SSSR count). The van der Waals surface area contributed by atoms with Crippen LogP contribution >= 0.6 is 0 Å². The van der Waals surface area contributed by atoms with E-state index in [4.69, 9.17) is 0 Å². The average molecular weight is 190 g/mol. The predicted molar refractivity (Wildman–Crippen MR) is 66.4 cm³/mol. The minimum atomic E-state index is 1.12. The summed E-state index contributed by atoms with van der Waals surface area (Å²) in [6.07, 6.45) is 20.7. The SMILES string of the molecule is C=CC=CCCCCC=CC=CCC. The van der Waals surface area contributed by atoms with E-state index in [0.717, 1.165) is 6.42 Å². The molecule has 0 heteroatoms. The minimum absolute atomic E-state index is 1.12. The van der Waals surface area contributed by atoms with Crippen LogP contribution in [0.2, 0.25) is 0 Å². The van der Waals surface area contributed by atoms with Crippen molar-refractivity contribution in [2.45, 2.75) is 39.0 Å². The maximum Gasteiger partial charge on any atom is -0.0347 e. The van der Waals surface area contributed by atoms with Gasteiger partial charge in [-0.3, -0.25) is 0 Å². The highest BCUT2D eigenvalue weighted by atomic mass is 13.9. The molecule has 0 bridgehead atoms. The zero-order chi connectivity index (χ0) is 10.5. The minimum Gasteiger partial charge on any atom is -0.0991 e. The molecule has 0 aliphatic heterocycles. The number of allylic oxidation sites excluding steroid dienone is 7. The fourth-order valence-electron chi connectivity index (χ4n) is 1.11. The van der Waals surface area contributed by atoms with E-state index in [1.54, 1.807) is 0 Å². The second-order valence-electron chi connectivity index (χ2n) is 3.21. The van der Waals surface area contributed by atoms with Gasteiger partial charge in [-0.25, -0.2) is 0 Å². The van der Waals surface area contributed by atoms with Crippen molar-refractivity contribution < 1.29 is 0 Å². The van der Waals surface area contributed by atoms with E-state index in [1.165, 1.54) is 25.7 Å². The molecule has 0 aromatic rings. The summed E-state index contributed by atoms with van der Waals surface area (Å²) in [5.41, 5.74) is 0. The Labute approximate surface area is 88.7 Å². The first-order valence-corrected chi connectivity index (χ1v) is 5.51. The van der Waals surface area contributed by atoms with Crippen molar-refractivity contribution in [1.82, 2.24) is 0 Å². The van der Waals surface area contributed by atoms with Crippen LogP contribution in [-0.4, -0.2) is 0 Å². The molecule has 0 saturated carbocycles. The molecular formula is C14H22. The molecule has 0 N–H and O–H groups in total. The number of hydrogen-bond acceptors (Lipinski definition) is 0. The third-order valence-corrected chi connectivity index (χ3v) is 1.88. The van der Waals surface area contributed by atoms with Crippen LogP contribution in [0.25, 0.3) is 0 Å². The topological polar surface area (TPSA) is 0 Å². The first kappa shape index (κ1) is 13.0. The quantitative estimate of drug-likeness (QED) is 0.380. The average Bonchev–Trinajstić information content (AvgIpc) is 2.21. The summed E-state index contributed by atoms with van der Waals surface area (Å²) in [6, 6.07) is 0. The summed E-state index contributed by atoms with van der Waals surface area (Å²) in [4.78, 5) is 0. The molecule has 0 aromatic carbocycles. The molecule has 0 saturated heterocycles. The largest absolute Gasteiger partial charge is 0.0991 e. The van der Waals surface area contributed by atoms with Crippen molar-refractivity contribution in [3.63, 3.8) is 0 Å². The first-order chi connectivity index (χ1) is 6.91. The van der Waals surface area contributed by atoms with Crippen molar-refractivity contribution in [3.05, 3.63) is 49.1 Å². The Morgan fingerprint density at radius 3 is 2.00 bits per heavy atom. The molecular weight excluding hydrogens is 168 g/mol. The van der Waals surface area contributed by atoms with Crippen LogP contribution < -0.4 is 0 Å². The van der Waals surface area contributed by atoms with Crippen LogP contribution in [0.3, 0.4) is 0 Å². The third-order valence-electron chi connectivity index (χ3n) is 1.88. The van der Waals surface area contributed by atoms with E-state index < -0.39 is 0 Å². The molecule has 0 aliphatic rings. The van der Waals surface area contributed by atoms with Crippen LogP contribution in [-0.2, 0) is 0 Å². The van der Waals surface area contributed by atoms with Crippen LogP contribution in [0, 0.1) is 0 Å². The summed E-state index contributed by atoms with van der Waals surface area (Å²) in [6.45, 7) is 5.78. The maximum atomic E-state index is 3.63. The highest BCUT2D eigenvalue weighted by Crippen LogP contribution is 2.01. The Balaban J connectivity index is 3.20. The van der Waals surface area contributed by atoms with Crippen LogP contribution in [0.4, 0.5) is 0 Å². The van der Waals surface area contributed by atoms with Gasteiger partial charge in [0.2, 0.25) is 0 Å². The summed E-state index contributed by atoms with van der Waals surface area (Å²) >= 11 is 0. The molecule has 0 atom stereocenters. The Kier molecular flexibility index (Phi) is 11.1. The van der Waals surface area contributed by atoms with Gasteiger partial charge in [0.25, 0.3) is 0 Å². The van der Waals surface area contributed by atoms with Gasteiger partial charge in [0.1, 0.15) is 0 Å². The standard InChI is InChI=1S/C14H22/c1-3-5-7-9-11-13-14-12-10-8-6-4-2/h3,5-8,10,12H,1,4,9,11,13-14H2,2H3. The van der Waals surface area contributed by atoms with Gasteiger partial charge in [-0.15, -0.1) is 0 Å². The van der Waals surface area contributed by atoms with Gasteiger partial charge in [0.15, 0.2) is 0 Å². The molecule has 0 fully saturated rings. The van der Waals surface area contributed by atoms with Gasteiger partial charge in [0.05, 0.1) is 0 Å². The summed E-state index contributed by atoms with van der Waals surface area (Å²) < 4.78 is 0. The summed E-state index contributed by atoms with van der Waals surface area (Å²) in [5, 5.41) is 0. The molecule has 14 heavy (non-hydrogen) atoms. The van der Waals surface area contributed by atoms with Gasteiger partial charge in [-0.05, 0) is 32.1 Å². The molecule has 0 heterocycles. The highest BCUT2D eigenvalue weighted by Gasteiger charge is 1.81. The molecule has 0 unspecified atom stereocenters. The van der Waals surface area contributed by atoms with E-state index >= 15 is 0 Å². The van der Waals surface area contributed by atoms with Crippen LogP contribution in [0.15, 0.2) is 49.1 Å². The van der Waals surface area contributed by atoms with Crippen LogP contribution in [0.5, 0.6) is 0 Å². The fraction of sp³-hybridized carbons (Fsp3) is 0.429. The lowest BCUT2D eigenvalue weighted by Crippen LogP contribution is -1.71. The van der Waals surface area contributed by atoms with Gasteiger partial charge < -0.3 is 0 Å². The van der Waals surface area contributed by atoms with Crippen molar-refractivity contribution in [2.75, 3.05) is 0 Å². The second-order valence-corrected chi connectivity index (χ2v) is 3.21. The lowest BCUT2D eigenvalue weighted by Gasteiger charge is -1.91. The zero-order valence-electron chi connectivity index (χ0n) is 9.28. The van der Waals surface area contributed by atoms with Crippen molar-refractivity contribution in [2.24, 2.45) is 0 Å². The van der Waals surface area contributed by atoms with Crippen molar-refractivity contribution >= 4 is 0 Å². The molecule has 78 valence electrons. The smallest absolute Gasteiger partial charge is 0.0347 e. The van der Waals surface area contributed by atoms with Gasteiger partial charge in [-0.1, -0.05) is 56.0 Å². The fourth-order valence-corrected chi connectivity index (χ4v) is 1.11. The Morgan fingerprint density at radius 1 is 0.857 bits per heavy atom. The molecule has 0 radical (unpaired) electrons. The summed E-state index contributed by atoms with van der Waals surface area (Å²) in [7, 11) is 0. The highest BCUT2D eigenvalue weighted by molar-refractivity contribution is 5.02. The molecule has 0 spiro atoms. The van der Waals surface area contributed by atoms with Crippen molar-refractivity contribution in [1.29, 1.82) is 0 Å². The Bertz CT molecular complexity index is 194. The zero-order valence-corrected chi connectivity index (χ0v) is 9.28.